The molecule has 4 nitrogen and oxygen atoms in total. The number of nitrogens with zero attached hydrogens (tertiary/aromatic N) is 1. The van der Waals surface area contributed by atoms with Crippen LogP contribution in [0.25, 0.3) is 0 Å². The smallest absolute Gasteiger partial charge is 0.186 e. The molecule has 20 heavy (non-hydrogen) atoms. The number of aryl methyl sites for hydroxylation is 1. The Labute approximate surface area is 121 Å². The molecule has 1 fully saturated rings. The fourth-order valence-electron chi connectivity index (χ4n) is 2.70. The van der Waals surface area contributed by atoms with Gasteiger partial charge < -0.3 is 10.1 Å². The van der Waals surface area contributed by atoms with Crippen molar-refractivity contribution >= 4 is 5.78 Å². The van der Waals surface area contributed by atoms with Crippen molar-refractivity contribution in [2.45, 2.75) is 26.3 Å². The minimum absolute atomic E-state index is 0.125. The minimum atomic E-state index is -0.511. The Hall–Kier alpha value is -1.39. The van der Waals surface area contributed by atoms with E-state index in [1.165, 1.54) is 0 Å². The molecule has 1 aromatic rings. The van der Waals surface area contributed by atoms with Crippen LogP contribution in [0.1, 0.15) is 29.8 Å². The number of ether oxygens (including phenoxy) is 1. The third-order valence-corrected chi connectivity index (χ3v) is 4.06. The standard InChI is InChI=1S/C16H24N2O2/c1-12-5-6-14(20-4)13(11-12)15(19)16(2,3)18-9-7-17-8-10-18/h5-6,11,17H,7-10H2,1-4H3. The van der Waals surface area contributed by atoms with Crippen LogP contribution in [0.5, 0.6) is 5.75 Å². The fraction of sp³-hybridized carbons (Fsp3) is 0.562. The van der Waals surface area contributed by atoms with Crippen LogP contribution in [0.15, 0.2) is 18.2 Å². The van der Waals surface area contributed by atoms with Crippen molar-refractivity contribution in [1.82, 2.24) is 10.2 Å². The van der Waals surface area contributed by atoms with Gasteiger partial charge in [-0.1, -0.05) is 11.6 Å². The minimum Gasteiger partial charge on any atom is -0.496 e. The lowest BCUT2D eigenvalue weighted by molar-refractivity contribution is 0.0599. The predicted molar refractivity (Wildman–Crippen MR) is 80.6 cm³/mol. The van der Waals surface area contributed by atoms with E-state index in [0.717, 1.165) is 31.7 Å². The summed E-state index contributed by atoms with van der Waals surface area (Å²) in [5, 5.41) is 3.32. The molecule has 1 saturated heterocycles. The molecule has 110 valence electrons. The number of ketones is 1. The van der Waals surface area contributed by atoms with Gasteiger partial charge in [0, 0.05) is 26.2 Å². The maximum Gasteiger partial charge on any atom is 0.186 e. The molecule has 1 aliphatic rings. The number of carbonyl (C=O) groups is 1. The first-order valence-corrected chi connectivity index (χ1v) is 7.12. The Morgan fingerprint density at radius 1 is 1.30 bits per heavy atom. The lowest BCUT2D eigenvalue weighted by Crippen LogP contribution is -2.57. The van der Waals surface area contributed by atoms with E-state index in [0.29, 0.717) is 11.3 Å². The zero-order valence-corrected chi connectivity index (χ0v) is 12.8. The maximum atomic E-state index is 13.0. The molecule has 1 aromatic carbocycles. The SMILES string of the molecule is COc1ccc(C)cc1C(=O)C(C)(C)N1CCNCC1. The van der Waals surface area contributed by atoms with E-state index in [-0.39, 0.29) is 5.78 Å². The fourth-order valence-corrected chi connectivity index (χ4v) is 2.70. The number of rotatable bonds is 4. The molecule has 2 rings (SSSR count). The van der Waals surface area contributed by atoms with E-state index in [1.54, 1.807) is 7.11 Å². The Kier molecular flexibility index (Phi) is 4.45. The molecule has 0 radical (unpaired) electrons. The molecule has 4 heteroatoms. The number of benzene rings is 1. The molecule has 0 atom stereocenters. The van der Waals surface area contributed by atoms with E-state index >= 15 is 0 Å². The molecule has 0 spiro atoms. The lowest BCUT2D eigenvalue weighted by Gasteiger charge is -2.40. The summed E-state index contributed by atoms with van der Waals surface area (Å²) < 4.78 is 5.35. The Balaban J connectivity index is 2.31. The van der Waals surface area contributed by atoms with Crippen molar-refractivity contribution in [3.63, 3.8) is 0 Å². The number of nitrogens with one attached hydrogen (secondary N) is 1. The summed E-state index contributed by atoms with van der Waals surface area (Å²) in [4.78, 5) is 15.2. The van der Waals surface area contributed by atoms with Crippen LogP contribution in [0.2, 0.25) is 0 Å². The highest BCUT2D eigenvalue weighted by Gasteiger charge is 2.36. The van der Waals surface area contributed by atoms with E-state index in [4.69, 9.17) is 4.74 Å². The molecule has 0 saturated carbocycles. The zero-order valence-electron chi connectivity index (χ0n) is 12.8. The average Bonchev–Trinajstić information content (AvgIpc) is 2.47. The first kappa shape index (κ1) is 15.0. The van der Waals surface area contributed by atoms with Crippen molar-refractivity contribution in [3.05, 3.63) is 29.3 Å². The summed E-state index contributed by atoms with van der Waals surface area (Å²) in [6, 6.07) is 5.76. The first-order valence-electron chi connectivity index (χ1n) is 7.12. The van der Waals surface area contributed by atoms with E-state index in [2.05, 4.69) is 10.2 Å². The second kappa shape index (κ2) is 5.94. The molecule has 0 aliphatic carbocycles. The van der Waals surface area contributed by atoms with Crippen molar-refractivity contribution in [3.8, 4) is 5.75 Å². The van der Waals surface area contributed by atoms with Crippen molar-refractivity contribution in [2.24, 2.45) is 0 Å². The van der Waals surface area contributed by atoms with Gasteiger partial charge in [0.05, 0.1) is 18.2 Å². The van der Waals surface area contributed by atoms with Gasteiger partial charge in [-0.15, -0.1) is 0 Å². The van der Waals surface area contributed by atoms with Gasteiger partial charge in [-0.2, -0.15) is 0 Å². The van der Waals surface area contributed by atoms with Crippen LogP contribution in [0.3, 0.4) is 0 Å². The van der Waals surface area contributed by atoms with Crippen molar-refractivity contribution < 1.29 is 9.53 Å². The third-order valence-electron chi connectivity index (χ3n) is 4.06. The second-order valence-electron chi connectivity index (χ2n) is 5.83. The highest BCUT2D eigenvalue weighted by Crippen LogP contribution is 2.27. The predicted octanol–water partition coefficient (Wildman–Crippen LogP) is 1.87. The molecule has 1 heterocycles. The summed E-state index contributed by atoms with van der Waals surface area (Å²) >= 11 is 0. The van der Waals surface area contributed by atoms with E-state index < -0.39 is 5.54 Å². The zero-order chi connectivity index (χ0) is 14.8. The quantitative estimate of drug-likeness (QED) is 0.853. The normalized spacial score (nSPS) is 17.0. The van der Waals surface area contributed by atoms with Gasteiger partial charge in [-0.3, -0.25) is 9.69 Å². The molecule has 0 bridgehead atoms. The summed E-state index contributed by atoms with van der Waals surface area (Å²) in [7, 11) is 1.61. The third kappa shape index (κ3) is 2.86. The Morgan fingerprint density at radius 2 is 1.95 bits per heavy atom. The topological polar surface area (TPSA) is 41.6 Å². The first-order chi connectivity index (χ1) is 9.46. The van der Waals surface area contributed by atoms with Crippen LogP contribution in [-0.4, -0.2) is 49.5 Å². The van der Waals surface area contributed by atoms with Crippen molar-refractivity contribution in [2.75, 3.05) is 33.3 Å². The van der Waals surface area contributed by atoms with Gasteiger partial charge >= 0.3 is 0 Å². The molecule has 0 amide bonds. The van der Waals surface area contributed by atoms with Crippen LogP contribution >= 0.6 is 0 Å². The van der Waals surface area contributed by atoms with Gasteiger partial charge in [0.15, 0.2) is 5.78 Å². The summed E-state index contributed by atoms with van der Waals surface area (Å²) in [5.74, 6) is 0.781. The number of methoxy groups -OCH3 is 1. The Bertz CT molecular complexity index is 491. The summed E-state index contributed by atoms with van der Waals surface area (Å²) in [6.45, 7) is 9.65. The number of carbonyl (C=O) groups excluding carboxylic acids is 1. The van der Waals surface area contributed by atoms with Crippen LogP contribution in [-0.2, 0) is 0 Å². The highest BCUT2D eigenvalue weighted by atomic mass is 16.5. The molecule has 1 N–H and O–H groups in total. The number of piperazine rings is 1. The average molecular weight is 276 g/mol. The molecule has 1 aliphatic heterocycles. The molecule has 0 aromatic heterocycles. The van der Waals surface area contributed by atoms with Gasteiger partial charge in [0.2, 0.25) is 0 Å². The molecular weight excluding hydrogens is 252 g/mol. The monoisotopic (exact) mass is 276 g/mol. The molecule has 0 unspecified atom stereocenters. The number of hydrogen-bond donors (Lipinski definition) is 1. The number of hydrogen-bond acceptors (Lipinski definition) is 4. The van der Waals surface area contributed by atoms with E-state index in [1.807, 2.05) is 39.0 Å². The maximum absolute atomic E-state index is 13.0. The Morgan fingerprint density at radius 3 is 2.55 bits per heavy atom. The van der Waals surface area contributed by atoms with E-state index in [9.17, 15) is 4.79 Å². The highest BCUT2D eigenvalue weighted by molar-refractivity contribution is 6.05. The largest absolute Gasteiger partial charge is 0.496 e. The number of Topliss-reactive ketones (excluding diaryl/α,β-unsaturated/α-hetero) is 1. The van der Waals surface area contributed by atoms with Gasteiger partial charge in [-0.05, 0) is 32.9 Å². The van der Waals surface area contributed by atoms with Gasteiger partial charge in [0.25, 0.3) is 0 Å². The van der Waals surface area contributed by atoms with Crippen molar-refractivity contribution in [1.29, 1.82) is 0 Å². The second-order valence-corrected chi connectivity index (χ2v) is 5.83. The van der Waals surface area contributed by atoms with Crippen LogP contribution in [0, 0.1) is 6.92 Å². The lowest BCUT2D eigenvalue weighted by atomic mass is 9.89. The van der Waals surface area contributed by atoms with Gasteiger partial charge in [0.1, 0.15) is 5.75 Å². The summed E-state index contributed by atoms with van der Waals surface area (Å²) in [5.41, 5.74) is 1.24. The van der Waals surface area contributed by atoms with Gasteiger partial charge in [-0.25, -0.2) is 0 Å². The molecular formula is C16H24N2O2. The summed E-state index contributed by atoms with van der Waals surface area (Å²) in [6.07, 6.45) is 0. The van der Waals surface area contributed by atoms with Crippen LogP contribution in [0.4, 0.5) is 0 Å². The van der Waals surface area contributed by atoms with Crippen LogP contribution < -0.4 is 10.1 Å².